The molecule has 0 aliphatic rings. The molecule has 3 heteroatoms. The fraction of sp³-hybridized carbons (Fsp3) is 0.500. The van der Waals surface area contributed by atoms with Gasteiger partial charge in [0.25, 0.3) is 0 Å². The Balaban J connectivity index is -0.0000000550. The van der Waals surface area contributed by atoms with Gasteiger partial charge in [0.2, 0.25) is 0 Å². The average Bonchev–Trinajstić information content (AvgIpc) is 3.62. The Morgan fingerprint density at radius 3 is 0.966 bits per heavy atom. The standard InChI is InChI=1S/C6H8N.C4H4O.C4H4S.6C2H6/c1-7-5-3-2-4-6-7;2*1-2-4-5-3-1;6*1-2/h2-6H,1H3;2*1-4H;6*1-2H3/q+1;;;;;;;;. The molecule has 0 spiro atoms. The second kappa shape index (κ2) is 63.4. The van der Waals surface area contributed by atoms with Crippen molar-refractivity contribution in [3.05, 3.63) is 78.1 Å². The molecule has 29 heavy (non-hydrogen) atoms. The lowest BCUT2D eigenvalue weighted by molar-refractivity contribution is -0.671. The summed E-state index contributed by atoms with van der Waals surface area (Å²) in [5.41, 5.74) is 0. The first-order valence-electron chi connectivity index (χ1n) is 11.2. The Labute approximate surface area is 188 Å². The van der Waals surface area contributed by atoms with Crippen molar-refractivity contribution in [2.24, 2.45) is 7.05 Å². The van der Waals surface area contributed by atoms with Crippen LogP contribution in [0.3, 0.4) is 0 Å². The number of furan rings is 1. The summed E-state index contributed by atoms with van der Waals surface area (Å²) in [6.07, 6.45) is 7.25. The molecule has 0 amide bonds. The van der Waals surface area contributed by atoms with Gasteiger partial charge in [-0.3, -0.25) is 0 Å². The number of hydrogen-bond acceptors (Lipinski definition) is 2. The van der Waals surface area contributed by atoms with Crippen molar-refractivity contribution in [1.82, 2.24) is 0 Å². The van der Waals surface area contributed by atoms with Gasteiger partial charge in [-0.2, -0.15) is 11.3 Å². The van der Waals surface area contributed by atoms with Crippen molar-refractivity contribution in [3.63, 3.8) is 0 Å². The van der Waals surface area contributed by atoms with Gasteiger partial charge in [0.05, 0.1) is 12.5 Å². The molecule has 0 unspecified atom stereocenters. The molecule has 0 aliphatic heterocycles. The molecule has 0 aliphatic carbocycles. The Bertz CT molecular complexity index is 376. The molecule has 3 aromatic rings. The maximum atomic E-state index is 4.58. The quantitative estimate of drug-likeness (QED) is 0.327. The Kier molecular flexibility index (Phi) is 90.7. The topological polar surface area (TPSA) is 17.0 Å². The van der Waals surface area contributed by atoms with Gasteiger partial charge in [0.15, 0.2) is 12.4 Å². The maximum absolute atomic E-state index is 4.58. The number of aromatic nitrogens is 1. The number of rotatable bonds is 0. The average molecular weight is 427 g/mol. The highest BCUT2D eigenvalue weighted by Crippen LogP contribution is 1.91. The Morgan fingerprint density at radius 2 is 0.828 bits per heavy atom. The first-order valence-corrected chi connectivity index (χ1v) is 12.2. The van der Waals surface area contributed by atoms with Crippen molar-refractivity contribution in [3.8, 4) is 0 Å². The van der Waals surface area contributed by atoms with Crippen LogP contribution >= 0.6 is 11.3 Å². The second-order valence-electron chi connectivity index (χ2n) is 3.13. The highest BCUT2D eigenvalue weighted by molar-refractivity contribution is 7.07. The largest absolute Gasteiger partial charge is 0.473 e. The molecular weight excluding hydrogens is 374 g/mol. The lowest BCUT2D eigenvalue weighted by Crippen LogP contribution is -2.25. The van der Waals surface area contributed by atoms with Crippen molar-refractivity contribution in [2.45, 2.75) is 83.1 Å². The maximum Gasteiger partial charge on any atom is 0.168 e. The zero-order valence-electron chi connectivity index (χ0n) is 21.8. The van der Waals surface area contributed by atoms with Crippen LogP contribution < -0.4 is 4.57 Å². The lowest BCUT2D eigenvalue weighted by Gasteiger charge is -1.77. The minimum Gasteiger partial charge on any atom is -0.473 e. The van der Waals surface area contributed by atoms with Crippen LogP contribution in [0.5, 0.6) is 0 Å². The van der Waals surface area contributed by atoms with Gasteiger partial charge in [-0.1, -0.05) is 101 Å². The second-order valence-corrected chi connectivity index (χ2v) is 3.94. The van der Waals surface area contributed by atoms with Gasteiger partial charge in [0, 0.05) is 12.1 Å². The summed E-state index contributed by atoms with van der Waals surface area (Å²) >= 11 is 1.71. The van der Waals surface area contributed by atoms with Crippen LogP contribution in [0.4, 0.5) is 0 Å². The summed E-state index contributed by atoms with van der Waals surface area (Å²) in [4.78, 5) is 0. The van der Waals surface area contributed by atoms with Gasteiger partial charge in [-0.15, -0.1) is 0 Å². The third kappa shape index (κ3) is 58.5. The van der Waals surface area contributed by atoms with E-state index in [-0.39, 0.29) is 0 Å². The molecule has 3 rings (SSSR count). The van der Waals surface area contributed by atoms with Gasteiger partial charge in [-0.25, -0.2) is 4.57 Å². The SMILES string of the molecule is CC.CC.CC.CC.CC.CC.C[n+]1ccccc1.c1ccoc1.c1ccsc1. The summed E-state index contributed by atoms with van der Waals surface area (Å²) < 4.78 is 6.58. The Hall–Kier alpha value is -1.87. The van der Waals surface area contributed by atoms with Crippen LogP contribution in [0.15, 0.2) is 82.6 Å². The molecule has 172 valence electrons. The van der Waals surface area contributed by atoms with E-state index in [0.717, 1.165) is 0 Å². The third-order valence-electron chi connectivity index (χ3n) is 1.72. The number of nitrogens with zero attached hydrogens (tertiary/aromatic N) is 1. The molecule has 0 fully saturated rings. The van der Waals surface area contributed by atoms with Crippen LogP contribution in [0.2, 0.25) is 0 Å². The van der Waals surface area contributed by atoms with Gasteiger partial charge in [-0.05, 0) is 22.9 Å². The molecule has 3 aromatic heterocycles. The van der Waals surface area contributed by atoms with E-state index >= 15 is 0 Å². The summed E-state index contributed by atoms with van der Waals surface area (Å²) in [5.74, 6) is 0. The van der Waals surface area contributed by atoms with E-state index in [2.05, 4.69) is 4.42 Å². The van der Waals surface area contributed by atoms with E-state index in [1.165, 1.54) is 0 Å². The number of pyridine rings is 1. The number of thiophene rings is 1. The van der Waals surface area contributed by atoms with Crippen molar-refractivity contribution in [1.29, 1.82) is 0 Å². The molecular formula is C26H52NOS+. The van der Waals surface area contributed by atoms with Crippen molar-refractivity contribution in [2.75, 3.05) is 0 Å². The molecule has 0 saturated heterocycles. The summed E-state index contributed by atoms with van der Waals surface area (Å²) in [7, 11) is 2.00. The normalized spacial score (nSPS) is 6.10. The van der Waals surface area contributed by atoms with E-state index in [1.54, 1.807) is 23.9 Å². The van der Waals surface area contributed by atoms with Crippen LogP contribution in [-0.2, 0) is 7.05 Å². The van der Waals surface area contributed by atoms with Crippen molar-refractivity contribution < 1.29 is 8.98 Å². The van der Waals surface area contributed by atoms with Gasteiger partial charge >= 0.3 is 0 Å². The molecule has 0 N–H and O–H groups in total. The monoisotopic (exact) mass is 426 g/mol. The number of hydrogen-bond donors (Lipinski definition) is 0. The summed E-state index contributed by atoms with van der Waals surface area (Å²) in [5, 5.41) is 4.08. The highest BCUT2D eigenvalue weighted by Gasteiger charge is 1.78. The van der Waals surface area contributed by atoms with Crippen molar-refractivity contribution >= 4 is 11.3 Å². The predicted molar refractivity (Wildman–Crippen MR) is 139 cm³/mol. The van der Waals surface area contributed by atoms with Crippen LogP contribution in [-0.4, -0.2) is 0 Å². The minimum absolute atomic E-state index is 1.62. The van der Waals surface area contributed by atoms with Crippen LogP contribution in [0, 0.1) is 0 Å². The number of aryl methyl sites for hydroxylation is 1. The van der Waals surface area contributed by atoms with Crippen LogP contribution in [0.25, 0.3) is 0 Å². The van der Waals surface area contributed by atoms with E-state index in [1.807, 2.05) is 160 Å². The molecule has 3 heterocycles. The summed E-state index contributed by atoms with van der Waals surface area (Å²) in [6.45, 7) is 24.0. The van der Waals surface area contributed by atoms with Gasteiger partial charge < -0.3 is 4.42 Å². The van der Waals surface area contributed by atoms with E-state index < -0.39 is 0 Å². The van der Waals surface area contributed by atoms with E-state index in [9.17, 15) is 0 Å². The predicted octanol–water partition coefficient (Wildman–Crippen LogP) is 9.70. The van der Waals surface area contributed by atoms with Crippen LogP contribution in [0.1, 0.15) is 83.1 Å². The lowest BCUT2D eigenvalue weighted by atomic mass is 10.5. The smallest absolute Gasteiger partial charge is 0.168 e. The molecule has 0 saturated carbocycles. The molecule has 0 radical (unpaired) electrons. The summed E-state index contributed by atoms with van der Waals surface area (Å²) in [6, 6.07) is 13.7. The zero-order valence-corrected chi connectivity index (χ0v) is 22.6. The van der Waals surface area contributed by atoms with E-state index in [0.29, 0.717) is 0 Å². The third-order valence-corrected chi connectivity index (χ3v) is 2.34. The first kappa shape index (κ1) is 41.5. The molecule has 2 nitrogen and oxygen atoms in total. The first-order chi connectivity index (χ1) is 14.4. The Morgan fingerprint density at radius 1 is 0.483 bits per heavy atom. The minimum atomic E-state index is 1.62. The fourth-order valence-corrected chi connectivity index (χ4v) is 1.39. The molecule has 0 aromatic carbocycles. The van der Waals surface area contributed by atoms with E-state index in [4.69, 9.17) is 0 Å². The molecule has 0 bridgehead atoms. The highest BCUT2D eigenvalue weighted by atomic mass is 32.1. The fourth-order valence-electron chi connectivity index (χ4n) is 0.938. The molecule has 0 atom stereocenters. The zero-order chi connectivity index (χ0) is 24.2. The van der Waals surface area contributed by atoms with Gasteiger partial charge in [0.1, 0.15) is 7.05 Å².